The van der Waals surface area contributed by atoms with Crippen molar-refractivity contribution in [2.45, 2.75) is 6.92 Å². The summed E-state index contributed by atoms with van der Waals surface area (Å²) in [4.78, 5) is 22.8. The standard InChI is InChI=1S/C13H11FN2O3/c1-8-3-4-10(9(14)7-8)16-6-5-11(17)12(15-16)13(18)19-2/h3-7H,1-2H3. The van der Waals surface area contributed by atoms with Crippen LogP contribution in [0.3, 0.4) is 0 Å². The number of methoxy groups -OCH3 is 1. The van der Waals surface area contributed by atoms with Gasteiger partial charge in [-0.15, -0.1) is 0 Å². The summed E-state index contributed by atoms with van der Waals surface area (Å²) in [6.07, 6.45) is 1.29. The molecule has 0 radical (unpaired) electrons. The zero-order chi connectivity index (χ0) is 14.0. The maximum Gasteiger partial charge on any atom is 0.362 e. The number of benzene rings is 1. The Balaban J connectivity index is 2.57. The number of nitrogens with zero attached hydrogens (tertiary/aromatic N) is 2. The molecule has 0 N–H and O–H groups in total. The Morgan fingerprint density at radius 1 is 1.37 bits per heavy atom. The van der Waals surface area contributed by atoms with Crippen LogP contribution in [0, 0.1) is 12.7 Å². The highest BCUT2D eigenvalue weighted by atomic mass is 19.1. The van der Waals surface area contributed by atoms with E-state index in [9.17, 15) is 14.0 Å². The minimum Gasteiger partial charge on any atom is -0.464 e. The van der Waals surface area contributed by atoms with E-state index in [4.69, 9.17) is 0 Å². The molecular formula is C13H11FN2O3. The first-order valence-electron chi connectivity index (χ1n) is 5.48. The summed E-state index contributed by atoms with van der Waals surface area (Å²) in [5.41, 5.74) is -0.0492. The monoisotopic (exact) mass is 262 g/mol. The number of aryl methyl sites for hydroxylation is 1. The van der Waals surface area contributed by atoms with Crippen LogP contribution in [-0.2, 0) is 4.74 Å². The Morgan fingerprint density at radius 2 is 2.11 bits per heavy atom. The molecule has 0 saturated heterocycles. The fourth-order valence-electron chi connectivity index (χ4n) is 1.58. The summed E-state index contributed by atoms with van der Waals surface area (Å²) in [6, 6.07) is 5.70. The third-order valence-electron chi connectivity index (χ3n) is 2.54. The van der Waals surface area contributed by atoms with Gasteiger partial charge in [0.05, 0.1) is 7.11 Å². The first-order valence-corrected chi connectivity index (χ1v) is 5.48. The molecule has 1 aromatic carbocycles. The molecule has 0 aliphatic carbocycles. The molecule has 1 aromatic heterocycles. The number of carbonyl (C=O) groups is 1. The molecule has 6 heteroatoms. The van der Waals surface area contributed by atoms with E-state index in [0.717, 1.165) is 23.4 Å². The minimum atomic E-state index is -0.855. The predicted octanol–water partition coefficient (Wildman–Crippen LogP) is 1.47. The van der Waals surface area contributed by atoms with Crippen molar-refractivity contribution in [2.24, 2.45) is 0 Å². The summed E-state index contributed by atoms with van der Waals surface area (Å²) >= 11 is 0. The van der Waals surface area contributed by atoms with E-state index >= 15 is 0 Å². The maximum atomic E-state index is 13.8. The van der Waals surface area contributed by atoms with Crippen LogP contribution in [0.15, 0.2) is 35.3 Å². The second-order valence-electron chi connectivity index (χ2n) is 3.92. The van der Waals surface area contributed by atoms with Gasteiger partial charge in [-0.1, -0.05) is 6.07 Å². The normalized spacial score (nSPS) is 10.3. The second-order valence-corrected chi connectivity index (χ2v) is 3.92. The first-order chi connectivity index (χ1) is 9.02. The molecule has 0 atom stereocenters. The van der Waals surface area contributed by atoms with Gasteiger partial charge in [0.1, 0.15) is 11.5 Å². The van der Waals surface area contributed by atoms with E-state index in [1.165, 1.54) is 18.3 Å². The number of carbonyl (C=O) groups excluding carboxylic acids is 1. The highest BCUT2D eigenvalue weighted by molar-refractivity contribution is 5.86. The first kappa shape index (κ1) is 12.9. The van der Waals surface area contributed by atoms with Crippen LogP contribution in [0.25, 0.3) is 5.69 Å². The van der Waals surface area contributed by atoms with Crippen molar-refractivity contribution < 1.29 is 13.9 Å². The summed E-state index contributed by atoms with van der Waals surface area (Å²) < 4.78 is 19.4. The van der Waals surface area contributed by atoms with Gasteiger partial charge in [-0.3, -0.25) is 4.79 Å². The van der Waals surface area contributed by atoms with Gasteiger partial charge in [-0.25, -0.2) is 13.9 Å². The summed E-state index contributed by atoms with van der Waals surface area (Å²) in [5, 5.41) is 3.79. The lowest BCUT2D eigenvalue weighted by atomic mass is 10.2. The van der Waals surface area contributed by atoms with Gasteiger partial charge in [0.25, 0.3) is 0 Å². The van der Waals surface area contributed by atoms with Crippen molar-refractivity contribution in [2.75, 3.05) is 7.11 Å². The highest BCUT2D eigenvalue weighted by Crippen LogP contribution is 2.13. The Morgan fingerprint density at radius 3 is 2.74 bits per heavy atom. The smallest absolute Gasteiger partial charge is 0.362 e. The highest BCUT2D eigenvalue weighted by Gasteiger charge is 2.14. The molecule has 0 saturated carbocycles. The van der Waals surface area contributed by atoms with Gasteiger partial charge in [0.2, 0.25) is 11.1 Å². The van der Waals surface area contributed by atoms with Crippen LogP contribution in [0.2, 0.25) is 0 Å². The van der Waals surface area contributed by atoms with Crippen molar-refractivity contribution in [3.8, 4) is 5.69 Å². The van der Waals surface area contributed by atoms with Crippen molar-refractivity contribution in [1.29, 1.82) is 0 Å². The van der Waals surface area contributed by atoms with Crippen molar-refractivity contribution in [1.82, 2.24) is 9.78 Å². The van der Waals surface area contributed by atoms with Crippen LogP contribution in [0.4, 0.5) is 4.39 Å². The van der Waals surface area contributed by atoms with Gasteiger partial charge in [0, 0.05) is 12.3 Å². The van der Waals surface area contributed by atoms with Crippen molar-refractivity contribution in [3.63, 3.8) is 0 Å². The van der Waals surface area contributed by atoms with E-state index in [1.807, 2.05) is 0 Å². The Labute approximate surface area is 108 Å². The van der Waals surface area contributed by atoms with Crippen LogP contribution in [0.5, 0.6) is 0 Å². The van der Waals surface area contributed by atoms with Crippen molar-refractivity contribution >= 4 is 5.97 Å². The predicted molar refractivity (Wildman–Crippen MR) is 65.9 cm³/mol. The largest absolute Gasteiger partial charge is 0.464 e. The molecule has 0 bridgehead atoms. The Kier molecular flexibility index (Phi) is 3.41. The molecule has 98 valence electrons. The number of halogens is 1. The third-order valence-corrected chi connectivity index (χ3v) is 2.54. The van der Waals surface area contributed by atoms with Crippen LogP contribution < -0.4 is 5.43 Å². The second kappa shape index (κ2) is 5.01. The lowest BCUT2D eigenvalue weighted by molar-refractivity contribution is 0.0590. The minimum absolute atomic E-state index is 0.149. The zero-order valence-electron chi connectivity index (χ0n) is 10.4. The SMILES string of the molecule is COC(=O)c1nn(-c2ccc(C)cc2F)ccc1=O. The number of ether oxygens (including phenoxy) is 1. The fraction of sp³-hybridized carbons (Fsp3) is 0.154. The number of esters is 1. The molecule has 0 aliphatic heterocycles. The van der Waals surface area contributed by atoms with E-state index in [-0.39, 0.29) is 11.4 Å². The average molecular weight is 262 g/mol. The molecule has 2 rings (SSSR count). The average Bonchev–Trinajstić information content (AvgIpc) is 2.39. The third kappa shape index (κ3) is 2.52. The van der Waals surface area contributed by atoms with Gasteiger partial charge in [-0.05, 0) is 24.6 Å². The van der Waals surface area contributed by atoms with E-state index < -0.39 is 17.2 Å². The molecule has 1 heterocycles. The van der Waals surface area contributed by atoms with Crippen molar-refractivity contribution in [3.05, 3.63) is 57.8 Å². The molecule has 19 heavy (non-hydrogen) atoms. The van der Waals surface area contributed by atoms with Gasteiger partial charge < -0.3 is 4.74 Å². The molecule has 2 aromatic rings. The van der Waals surface area contributed by atoms with Crippen LogP contribution in [0.1, 0.15) is 16.1 Å². The van der Waals surface area contributed by atoms with Crippen LogP contribution >= 0.6 is 0 Å². The van der Waals surface area contributed by atoms with Crippen LogP contribution in [-0.4, -0.2) is 22.9 Å². The van der Waals surface area contributed by atoms with E-state index in [0.29, 0.717) is 0 Å². The quantitative estimate of drug-likeness (QED) is 0.769. The van der Waals surface area contributed by atoms with Gasteiger partial charge in [0.15, 0.2) is 0 Å². The molecule has 0 aliphatic rings. The summed E-state index contributed by atoms with van der Waals surface area (Å²) in [5.74, 6) is -1.35. The Bertz CT molecular complexity index is 695. The summed E-state index contributed by atoms with van der Waals surface area (Å²) in [6.45, 7) is 1.76. The molecule has 0 fully saturated rings. The Hall–Kier alpha value is -2.50. The van der Waals surface area contributed by atoms with Gasteiger partial charge in [-0.2, -0.15) is 5.10 Å². The zero-order valence-corrected chi connectivity index (χ0v) is 10.4. The number of aromatic nitrogens is 2. The topological polar surface area (TPSA) is 61.2 Å². The molecule has 0 amide bonds. The molecule has 5 nitrogen and oxygen atoms in total. The lowest BCUT2D eigenvalue weighted by Crippen LogP contribution is -2.21. The number of hydrogen-bond donors (Lipinski definition) is 0. The maximum absolute atomic E-state index is 13.8. The van der Waals surface area contributed by atoms with E-state index in [1.54, 1.807) is 13.0 Å². The molecular weight excluding hydrogens is 251 g/mol. The van der Waals surface area contributed by atoms with E-state index in [2.05, 4.69) is 9.84 Å². The number of rotatable bonds is 2. The molecule has 0 unspecified atom stereocenters. The fourth-order valence-corrected chi connectivity index (χ4v) is 1.58. The lowest BCUT2D eigenvalue weighted by Gasteiger charge is -2.08. The van der Waals surface area contributed by atoms with Gasteiger partial charge >= 0.3 is 5.97 Å². The summed E-state index contributed by atoms with van der Waals surface area (Å²) in [7, 11) is 1.15. The number of hydrogen-bond acceptors (Lipinski definition) is 4. The molecule has 0 spiro atoms.